The lowest BCUT2D eigenvalue weighted by atomic mass is 10.1. The molecule has 18 heavy (non-hydrogen) atoms. The van der Waals surface area contributed by atoms with E-state index in [0.29, 0.717) is 5.88 Å². The van der Waals surface area contributed by atoms with Gasteiger partial charge in [-0.1, -0.05) is 26.2 Å². The van der Waals surface area contributed by atoms with Crippen LogP contribution in [0.3, 0.4) is 0 Å². The molecule has 0 spiro atoms. The average Bonchev–Trinajstić information content (AvgIpc) is 2.37. The summed E-state index contributed by atoms with van der Waals surface area (Å²) in [4.78, 5) is 8.35. The maximum Gasteiger partial charge on any atom is 0.221 e. The van der Waals surface area contributed by atoms with Gasteiger partial charge in [-0.3, -0.25) is 0 Å². The molecule has 1 rings (SSSR count). The van der Waals surface area contributed by atoms with Gasteiger partial charge in [-0.05, 0) is 26.7 Å². The zero-order valence-corrected chi connectivity index (χ0v) is 12.0. The van der Waals surface area contributed by atoms with E-state index >= 15 is 0 Å². The van der Waals surface area contributed by atoms with Crippen molar-refractivity contribution in [1.82, 2.24) is 9.97 Å². The van der Waals surface area contributed by atoms with Crippen LogP contribution in [0.2, 0.25) is 0 Å². The first-order chi connectivity index (χ1) is 8.69. The molecular formula is C14H25N3O. The summed E-state index contributed by atoms with van der Waals surface area (Å²) in [7, 11) is 1.85. The number of hydrogen-bond donors (Lipinski definition) is 1. The highest BCUT2D eigenvalue weighted by Gasteiger charge is 2.10. The van der Waals surface area contributed by atoms with Gasteiger partial charge in [0.2, 0.25) is 5.88 Å². The minimum Gasteiger partial charge on any atom is -0.474 e. The Labute approximate surface area is 110 Å². The highest BCUT2D eigenvalue weighted by molar-refractivity contribution is 5.46. The summed E-state index contributed by atoms with van der Waals surface area (Å²) < 4.78 is 5.88. The van der Waals surface area contributed by atoms with Gasteiger partial charge < -0.3 is 10.1 Å². The quantitative estimate of drug-likeness (QED) is 0.718. The Morgan fingerprint density at radius 2 is 2.06 bits per heavy atom. The Kier molecular flexibility index (Phi) is 6.47. The molecule has 1 unspecified atom stereocenters. The SMILES string of the molecule is CCCCCCC(C)Oc1ncnc(NC)c1C. The van der Waals surface area contributed by atoms with Crippen LogP contribution in [0.4, 0.5) is 5.82 Å². The van der Waals surface area contributed by atoms with Crippen molar-refractivity contribution >= 4 is 5.82 Å². The molecule has 4 nitrogen and oxygen atoms in total. The van der Waals surface area contributed by atoms with Crippen molar-refractivity contribution in [2.75, 3.05) is 12.4 Å². The van der Waals surface area contributed by atoms with E-state index in [0.717, 1.165) is 17.8 Å². The number of nitrogens with one attached hydrogen (secondary N) is 1. The number of rotatable bonds is 8. The van der Waals surface area contributed by atoms with Crippen LogP contribution in [0, 0.1) is 6.92 Å². The molecule has 1 heterocycles. The molecule has 4 heteroatoms. The van der Waals surface area contributed by atoms with Gasteiger partial charge in [0.15, 0.2) is 0 Å². The van der Waals surface area contributed by atoms with E-state index in [9.17, 15) is 0 Å². The topological polar surface area (TPSA) is 47.0 Å². The molecule has 0 aliphatic heterocycles. The summed E-state index contributed by atoms with van der Waals surface area (Å²) in [6.07, 6.45) is 7.91. The van der Waals surface area contributed by atoms with Crippen molar-refractivity contribution in [2.45, 2.75) is 59.0 Å². The fourth-order valence-electron chi connectivity index (χ4n) is 1.91. The van der Waals surface area contributed by atoms with E-state index in [1.807, 2.05) is 14.0 Å². The van der Waals surface area contributed by atoms with E-state index in [4.69, 9.17) is 4.74 Å². The minimum atomic E-state index is 0.208. The molecule has 0 aromatic carbocycles. The van der Waals surface area contributed by atoms with Crippen LogP contribution in [0.5, 0.6) is 5.88 Å². The number of unbranched alkanes of at least 4 members (excludes halogenated alkanes) is 3. The average molecular weight is 251 g/mol. The molecule has 0 saturated carbocycles. The highest BCUT2D eigenvalue weighted by atomic mass is 16.5. The molecule has 0 fully saturated rings. The van der Waals surface area contributed by atoms with E-state index in [2.05, 4.69) is 29.1 Å². The second kappa shape index (κ2) is 7.90. The Morgan fingerprint density at radius 1 is 1.28 bits per heavy atom. The zero-order valence-electron chi connectivity index (χ0n) is 12.0. The summed E-state index contributed by atoms with van der Waals surface area (Å²) in [5, 5.41) is 3.04. The fraction of sp³-hybridized carbons (Fsp3) is 0.714. The van der Waals surface area contributed by atoms with Gasteiger partial charge in [-0.25, -0.2) is 9.97 Å². The zero-order chi connectivity index (χ0) is 13.4. The maximum atomic E-state index is 5.88. The van der Waals surface area contributed by atoms with E-state index in [1.54, 1.807) is 0 Å². The second-order valence-corrected chi connectivity index (χ2v) is 4.68. The van der Waals surface area contributed by atoms with Gasteiger partial charge in [0, 0.05) is 7.05 Å². The molecule has 0 radical (unpaired) electrons. The fourth-order valence-corrected chi connectivity index (χ4v) is 1.91. The summed E-state index contributed by atoms with van der Waals surface area (Å²) in [5.74, 6) is 1.52. The summed E-state index contributed by atoms with van der Waals surface area (Å²) in [6.45, 7) is 6.31. The highest BCUT2D eigenvalue weighted by Crippen LogP contribution is 2.21. The molecule has 1 aromatic heterocycles. The third kappa shape index (κ3) is 4.51. The number of anilines is 1. The van der Waals surface area contributed by atoms with Gasteiger partial charge in [0.05, 0.1) is 11.7 Å². The van der Waals surface area contributed by atoms with E-state index < -0.39 is 0 Å². The molecule has 102 valence electrons. The number of hydrogen-bond acceptors (Lipinski definition) is 4. The number of aromatic nitrogens is 2. The molecule has 0 aliphatic carbocycles. The van der Waals surface area contributed by atoms with Crippen molar-refractivity contribution in [3.63, 3.8) is 0 Å². The molecule has 1 aromatic rings. The number of ether oxygens (including phenoxy) is 1. The predicted molar refractivity (Wildman–Crippen MR) is 75.2 cm³/mol. The van der Waals surface area contributed by atoms with Crippen LogP contribution >= 0.6 is 0 Å². The van der Waals surface area contributed by atoms with Crippen LogP contribution in [0.25, 0.3) is 0 Å². The van der Waals surface area contributed by atoms with Crippen molar-refractivity contribution in [3.8, 4) is 5.88 Å². The maximum absolute atomic E-state index is 5.88. The molecule has 0 amide bonds. The summed E-state index contributed by atoms with van der Waals surface area (Å²) >= 11 is 0. The normalized spacial score (nSPS) is 12.2. The lowest BCUT2D eigenvalue weighted by molar-refractivity contribution is 0.196. The molecule has 0 bridgehead atoms. The largest absolute Gasteiger partial charge is 0.474 e. The first-order valence-electron chi connectivity index (χ1n) is 6.85. The lowest BCUT2D eigenvalue weighted by Gasteiger charge is -2.16. The molecule has 0 aliphatic rings. The smallest absolute Gasteiger partial charge is 0.221 e. The van der Waals surface area contributed by atoms with Crippen LogP contribution in [0.1, 0.15) is 51.5 Å². The molecule has 1 N–H and O–H groups in total. The van der Waals surface area contributed by atoms with E-state index in [-0.39, 0.29) is 6.10 Å². The standard InChI is InChI=1S/C14H25N3O/c1-5-6-7-8-9-11(2)18-14-12(3)13(15-4)16-10-17-14/h10-11H,5-9H2,1-4H3,(H,15,16,17). The molecule has 0 saturated heterocycles. The third-order valence-electron chi connectivity index (χ3n) is 3.05. The van der Waals surface area contributed by atoms with Crippen molar-refractivity contribution < 1.29 is 4.74 Å². The van der Waals surface area contributed by atoms with Crippen molar-refractivity contribution in [1.29, 1.82) is 0 Å². The van der Waals surface area contributed by atoms with Gasteiger partial charge in [-0.2, -0.15) is 0 Å². The molecule has 1 atom stereocenters. The van der Waals surface area contributed by atoms with Gasteiger partial charge in [-0.15, -0.1) is 0 Å². The summed E-state index contributed by atoms with van der Waals surface area (Å²) in [6, 6.07) is 0. The Balaban J connectivity index is 2.46. The van der Waals surface area contributed by atoms with Crippen LogP contribution in [0.15, 0.2) is 6.33 Å². The monoisotopic (exact) mass is 251 g/mol. The van der Waals surface area contributed by atoms with Crippen LogP contribution in [-0.4, -0.2) is 23.1 Å². The van der Waals surface area contributed by atoms with Crippen LogP contribution in [-0.2, 0) is 0 Å². The predicted octanol–water partition coefficient (Wildman–Crippen LogP) is 3.56. The minimum absolute atomic E-state index is 0.208. The Hall–Kier alpha value is -1.32. The van der Waals surface area contributed by atoms with Gasteiger partial charge in [0.1, 0.15) is 12.1 Å². The van der Waals surface area contributed by atoms with Crippen molar-refractivity contribution in [3.05, 3.63) is 11.9 Å². The van der Waals surface area contributed by atoms with E-state index in [1.165, 1.54) is 32.0 Å². The summed E-state index contributed by atoms with van der Waals surface area (Å²) in [5.41, 5.74) is 0.973. The van der Waals surface area contributed by atoms with Gasteiger partial charge in [0.25, 0.3) is 0 Å². The van der Waals surface area contributed by atoms with Gasteiger partial charge >= 0.3 is 0 Å². The number of nitrogens with zero attached hydrogens (tertiary/aromatic N) is 2. The Morgan fingerprint density at radius 3 is 2.72 bits per heavy atom. The second-order valence-electron chi connectivity index (χ2n) is 4.68. The van der Waals surface area contributed by atoms with Crippen molar-refractivity contribution in [2.24, 2.45) is 0 Å². The molecular weight excluding hydrogens is 226 g/mol. The van der Waals surface area contributed by atoms with Crippen LogP contribution < -0.4 is 10.1 Å². The Bertz CT molecular complexity index is 355. The lowest BCUT2D eigenvalue weighted by Crippen LogP contribution is -2.14. The third-order valence-corrected chi connectivity index (χ3v) is 3.05. The first kappa shape index (κ1) is 14.7. The first-order valence-corrected chi connectivity index (χ1v) is 6.85.